The molecule has 1 aromatic heterocycles. The van der Waals surface area contributed by atoms with E-state index in [2.05, 4.69) is 68.7 Å². The van der Waals surface area contributed by atoms with Crippen LogP contribution in [0.3, 0.4) is 0 Å². The van der Waals surface area contributed by atoms with Crippen LogP contribution in [0.25, 0.3) is 0 Å². The van der Waals surface area contributed by atoms with E-state index in [9.17, 15) is 0 Å². The predicted octanol–water partition coefficient (Wildman–Crippen LogP) is 4.49. The highest BCUT2D eigenvalue weighted by Crippen LogP contribution is 2.26. The molecule has 2 nitrogen and oxygen atoms in total. The molecule has 2 heterocycles. The van der Waals surface area contributed by atoms with E-state index in [-0.39, 0.29) is 0 Å². The third-order valence-electron chi connectivity index (χ3n) is 3.13. The Bertz CT molecular complexity index is 595. The lowest BCUT2D eigenvalue weighted by molar-refractivity contribution is 0.748. The summed E-state index contributed by atoms with van der Waals surface area (Å²) in [6.45, 7) is 0.851. The van der Waals surface area contributed by atoms with Gasteiger partial charge in [0, 0.05) is 23.6 Å². The Labute approximate surface area is 135 Å². The zero-order valence-corrected chi connectivity index (χ0v) is 14.1. The lowest BCUT2D eigenvalue weighted by Gasteiger charge is -2.09. The number of hydrogen-bond acceptors (Lipinski definition) is 3. The number of rotatable bonds is 4. The summed E-state index contributed by atoms with van der Waals surface area (Å²) in [6.07, 6.45) is 1.01. The molecule has 5 heteroatoms. The molecule has 1 unspecified atom stereocenters. The Morgan fingerprint density at radius 1 is 1.20 bits per heavy atom. The molecule has 1 N–H and O–H groups in total. The largest absolute Gasteiger partial charge is 0.357 e. The predicted molar refractivity (Wildman–Crippen MR) is 92.8 cm³/mol. The van der Waals surface area contributed by atoms with Crippen molar-refractivity contribution < 1.29 is 0 Å². The van der Waals surface area contributed by atoms with Crippen molar-refractivity contribution in [2.24, 2.45) is 4.99 Å². The SMILES string of the molecule is Brc1ccc(CCN=C2NC(c3ccccc3)CS2)s1. The topological polar surface area (TPSA) is 24.4 Å². The first-order valence-corrected chi connectivity index (χ1v) is 9.14. The lowest BCUT2D eigenvalue weighted by Crippen LogP contribution is -2.19. The monoisotopic (exact) mass is 366 g/mol. The first-order valence-electron chi connectivity index (χ1n) is 6.54. The van der Waals surface area contributed by atoms with Crippen LogP contribution in [0.2, 0.25) is 0 Å². The molecule has 1 aromatic carbocycles. The van der Waals surface area contributed by atoms with Gasteiger partial charge in [-0.1, -0.05) is 42.1 Å². The zero-order valence-electron chi connectivity index (χ0n) is 10.9. The highest BCUT2D eigenvalue weighted by Gasteiger charge is 2.21. The van der Waals surface area contributed by atoms with Gasteiger partial charge < -0.3 is 5.32 Å². The molecule has 1 aliphatic heterocycles. The third kappa shape index (κ3) is 3.65. The first-order chi connectivity index (χ1) is 9.81. The quantitative estimate of drug-likeness (QED) is 0.861. The molecule has 20 heavy (non-hydrogen) atoms. The number of benzene rings is 1. The Morgan fingerprint density at radius 2 is 2.05 bits per heavy atom. The maximum atomic E-state index is 4.66. The van der Waals surface area contributed by atoms with Crippen LogP contribution in [0.15, 0.2) is 51.2 Å². The minimum atomic E-state index is 0.399. The van der Waals surface area contributed by atoms with Crippen molar-refractivity contribution in [2.75, 3.05) is 12.3 Å². The van der Waals surface area contributed by atoms with Gasteiger partial charge in [-0.3, -0.25) is 4.99 Å². The molecule has 0 amide bonds. The van der Waals surface area contributed by atoms with Crippen LogP contribution in [0.4, 0.5) is 0 Å². The molecule has 1 fully saturated rings. The van der Waals surface area contributed by atoms with Crippen LogP contribution in [0.5, 0.6) is 0 Å². The van der Waals surface area contributed by atoms with Crippen LogP contribution in [0.1, 0.15) is 16.5 Å². The molecule has 1 atom stereocenters. The number of thiophene rings is 1. The lowest BCUT2D eigenvalue weighted by atomic mass is 10.1. The zero-order chi connectivity index (χ0) is 13.8. The standard InChI is InChI=1S/C15H15BrN2S2/c16-14-7-6-12(20-14)8-9-17-15-18-13(10-19-15)11-4-2-1-3-5-11/h1-7,13H,8-10H2,(H,17,18). The highest BCUT2D eigenvalue weighted by atomic mass is 79.9. The second-order valence-corrected chi connectivity index (χ2v) is 8.12. The van der Waals surface area contributed by atoms with Crippen molar-refractivity contribution in [3.05, 3.63) is 56.7 Å². The Morgan fingerprint density at radius 3 is 2.80 bits per heavy atom. The van der Waals surface area contributed by atoms with E-state index in [1.807, 2.05) is 11.8 Å². The van der Waals surface area contributed by atoms with Gasteiger partial charge in [-0.05, 0) is 33.6 Å². The molecule has 3 rings (SSSR count). The normalized spacial score (nSPS) is 20.2. The Hall–Kier alpha value is -0.780. The van der Waals surface area contributed by atoms with Gasteiger partial charge in [0.15, 0.2) is 5.17 Å². The van der Waals surface area contributed by atoms with Crippen LogP contribution in [0, 0.1) is 0 Å². The van der Waals surface area contributed by atoms with Gasteiger partial charge in [-0.25, -0.2) is 0 Å². The molecule has 104 valence electrons. The molecule has 0 aliphatic carbocycles. The summed E-state index contributed by atoms with van der Waals surface area (Å²) in [4.78, 5) is 6.04. The van der Waals surface area contributed by atoms with Crippen LogP contribution >= 0.6 is 39.0 Å². The average molecular weight is 367 g/mol. The van der Waals surface area contributed by atoms with Gasteiger partial charge in [0.05, 0.1) is 9.83 Å². The number of thioether (sulfide) groups is 1. The van der Waals surface area contributed by atoms with Gasteiger partial charge in [-0.2, -0.15) is 0 Å². The van der Waals surface area contributed by atoms with Gasteiger partial charge in [-0.15, -0.1) is 11.3 Å². The summed E-state index contributed by atoms with van der Waals surface area (Å²) in [5.41, 5.74) is 1.34. The van der Waals surface area contributed by atoms with Crippen molar-refractivity contribution in [1.29, 1.82) is 0 Å². The third-order valence-corrected chi connectivity index (χ3v) is 5.83. The van der Waals surface area contributed by atoms with E-state index in [0.717, 1.165) is 23.9 Å². The molecule has 1 aliphatic rings. The van der Waals surface area contributed by atoms with Crippen molar-refractivity contribution in [3.63, 3.8) is 0 Å². The number of amidine groups is 1. The number of hydrogen-bond donors (Lipinski definition) is 1. The van der Waals surface area contributed by atoms with Crippen molar-refractivity contribution in [2.45, 2.75) is 12.5 Å². The number of aliphatic imine (C=N–C) groups is 1. The van der Waals surface area contributed by atoms with Gasteiger partial charge in [0.1, 0.15) is 0 Å². The second kappa shape index (κ2) is 6.78. The maximum absolute atomic E-state index is 4.66. The molecule has 1 saturated heterocycles. The van der Waals surface area contributed by atoms with Crippen molar-refractivity contribution in [1.82, 2.24) is 5.32 Å². The second-order valence-electron chi connectivity index (χ2n) is 4.56. The fourth-order valence-corrected chi connectivity index (χ4v) is 4.58. The van der Waals surface area contributed by atoms with Crippen LogP contribution < -0.4 is 5.32 Å². The highest BCUT2D eigenvalue weighted by molar-refractivity contribution is 9.11. The summed E-state index contributed by atoms with van der Waals surface area (Å²) >= 11 is 7.10. The number of halogens is 1. The smallest absolute Gasteiger partial charge is 0.157 e. The van der Waals surface area contributed by atoms with E-state index in [4.69, 9.17) is 0 Å². The van der Waals surface area contributed by atoms with Gasteiger partial charge >= 0.3 is 0 Å². The minimum Gasteiger partial charge on any atom is -0.357 e. The maximum Gasteiger partial charge on any atom is 0.157 e. The summed E-state index contributed by atoms with van der Waals surface area (Å²) in [5, 5.41) is 4.58. The van der Waals surface area contributed by atoms with Crippen LogP contribution in [-0.4, -0.2) is 17.5 Å². The molecule has 2 aromatic rings. The van der Waals surface area contributed by atoms with Gasteiger partial charge in [0.2, 0.25) is 0 Å². The van der Waals surface area contributed by atoms with Crippen molar-refractivity contribution >= 4 is 44.2 Å². The van der Waals surface area contributed by atoms with E-state index in [1.54, 1.807) is 11.3 Å². The number of nitrogens with one attached hydrogen (secondary N) is 1. The van der Waals surface area contributed by atoms with Crippen molar-refractivity contribution in [3.8, 4) is 0 Å². The summed E-state index contributed by atoms with van der Waals surface area (Å²) in [7, 11) is 0. The molecule has 0 saturated carbocycles. The van der Waals surface area contributed by atoms with E-state index >= 15 is 0 Å². The summed E-state index contributed by atoms with van der Waals surface area (Å²) < 4.78 is 1.19. The van der Waals surface area contributed by atoms with E-state index < -0.39 is 0 Å². The Kier molecular flexibility index (Phi) is 4.81. The van der Waals surface area contributed by atoms with E-state index in [1.165, 1.54) is 14.2 Å². The minimum absolute atomic E-state index is 0.399. The molecular formula is C15H15BrN2S2. The molecule has 0 radical (unpaired) electrons. The van der Waals surface area contributed by atoms with E-state index in [0.29, 0.717) is 6.04 Å². The first kappa shape index (κ1) is 14.2. The van der Waals surface area contributed by atoms with Gasteiger partial charge in [0.25, 0.3) is 0 Å². The number of nitrogens with zero attached hydrogens (tertiary/aromatic N) is 1. The fourth-order valence-electron chi connectivity index (χ4n) is 2.10. The van der Waals surface area contributed by atoms with Crippen LogP contribution in [-0.2, 0) is 6.42 Å². The fraction of sp³-hybridized carbons (Fsp3) is 0.267. The average Bonchev–Trinajstić information content (AvgIpc) is 3.09. The summed E-state index contributed by atoms with van der Waals surface area (Å²) in [6, 6.07) is 15.2. The molecule has 0 spiro atoms. The molecule has 0 bridgehead atoms. The molecular weight excluding hydrogens is 352 g/mol. The Balaban J connectivity index is 1.53. The summed E-state index contributed by atoms with van der Waals surface area (Å²) in [5.74, 6) is 1.06.